The van der Waals surface area contributed by atoms with E-state index in [0.29, 0.717) is 67.8 Å². The molecule has 3 atom stereocenters. The second-order valence-electron chi connectivity index (χ2n) is 14.4. The van der Waals surface area contributed by atoms with Crippen molar-refractivity contribution < 1.29 is 36.7 Å². The topological polar surface area (TPSA) is 184 Å². The van der Waals surface area contributed by atoms with Crippen molar-refractivity contribution in [1.82, 2.24) is 18.9 Å². The van der Waals surface area contributed by atoms with Gasteiger partial charge in [-0.05, 0) is 87.0 Å². The highest BCUT2D eigenvalue weighted by atomic mass is 32.2. The van der Waals surface area contributed by atoms with Crippen molar-refractivity contribution in [1.29, 1.82) is 0 Å². The van der Waals surface area contributed by atoms with E-state index in [-0.39, 0.29) is 35.3 Å². The number of benzene rings is 1. The Labute approximate surface area is 292 Å². The van der Waals surface area contributed by atoms with Gasteiger partial charge >= 0.3 is 16.3 Å². The fourth-order valence-corrected chi connectivity index (χ4v) is 9.93. The fraction of sp³-hybridized carbons (Fsp3) is 0.657. The summed E-state index contributed by atoms with van der Waals surface area (Å²) in [5.74, 6) is -1.22. The Kier molecular flexibility index (Phi) is 11.3. The molecule has 3 heterocycles. The van der Waals surface area contributed by atoms with E-state index in [1.54, 1.807) is 29.2 Å². The highest BCUT2D eigenvalue weighted by Gasteiger charge is 2.47. The van der Waals surface area contributed by atoms with E-state index < -0.39 is 41.0 Å². The van der Waals surface area contributed by atoms with Crippen LogP contribution in [0, 0.1) is 23.7 Å². The van der Waals surface area contributed by atoms with Gasteiger partial charge in [-0.25, -0.2) is 13.9 Å². The standard InChI is InChI=1S/C35H49FN6O7S/c36-21-30(49-35(37)46)23-9-11-24(12-10-23)34(45)42-18-15-27(22-7-3-1-4-8-22)31(42)33(44)38-26-13-14-28-25(19-26)20-29(39-28)32(43)40-50(47,48)41-16-5-2-6-17-41/h13-14,19-20,22-24,27,30-31,39H,1-12,15-18,21H2,(H2,37,46)(H,38,44)(H,40,43)/t23?,24?,27-,30+,31-/m0/s1. The van der Waals surface area contributed by atoms with Crippen LogP contribution >= 0.6 is 0 Å². The third kappa shape index (κ3) is 8.09. The number of carbonyl (C=O) groups is 4. The number of fused-ring (bicyclic) bond motifs is 1. The molecular weight excluding hydrogens is 667 g/mol. The van der Waals surface area contributed by atoms with Crippen LogP contribution in [0.3, 0.4) is 0 Å². The molecule has 13 nitrogen and oxygen atoms in total. The maximum Gasteiger partial charge on any atom is 0.404 e. The molecule has 1 aromatic carbocycles. The number of hydrogen-bond donors (Lipinski definition) is 4. The minimum atomic E-state index is -3.96. The summed E-state index contributed by atoms with van der Waals surface area (Å²) in [6.45, 7) is 0.415. The van der Waals surface area contributed by atoms with E-state index >= 15 is 0 Å². The third-order valence-corrected chi connectivity index (χ3v) is 12.8. The average molecular weight is 717 g/mol. The van der Waals surface area contributed by atoms with E-state index in [2.05, 4.69) is 15.0 Å². The molecule has 1 aromatic heterocycles. The zero-order valence-corrected chi connectivity index (χ0v) is 29.2. The number of piperidine rings is 1. The second kappa shape index (κ2) is 15.7. The Morgan fingerprint density at radius 3 is 2.30 bits per heavy atom. The minimum Gasteiger partial charge on any atom is -0.443 e. The molecule has 50 heavy (non-hydrogen) atoms. The van der Waals surface area contributed by atoms with E-state index in [0.717, 1.165) is 51.4 Å². The highest BCUT2D eigenvalue weighted by molar-refractivity contribution is 7.87. The molecule has 0 spiro atoms. The first-order chi connectivity index (χ1) is 24.0. The lowest BCUT2D eigenvalue weighted by atomic mass is 9.76. The van der Waals surface area contributed by atoms with Crippen LogP contribution in [0.25, 0.3) is 10.9 Å². The average Bonchev–Trinajstić information content (AvgIpc) is 3.76. The van der Waals surface area contributed by atoms with Crippen LogP contribution in [0.2, 0.25) is 0 Å². The van der Waals surface area contributed by atoms with Gasteiger partial charge in [0, 0.05) is 42.1 Å². The van der Waals surface area contributed by atoms with Crippen molar-refractivity contribution in [3.8, 4) is 0 Å². The molecule has 0 bridgehead atoms. The summed E-state index contributed by atoms with van der Waals surface area (Å²) >= 11 is 0. The lowest BCUT2D eigenvalue weighted by molar-refractivity contribution is -0.142. The SMILES string of the molecule is NC(=O)O[C@H](CF)C1CCC(C(=O)N2CC[C@@H](C3CCCCC3)[C@H]2C(=O)Nc2ccc3[nH]c(C(=O)NS(=O)(=O)N4CCCCC4)cc3c2)CC1. The predicted molar refractivity (Wildman–Crippen MR) is 185 cm³/mol. The van der Waals surface area contributed by atoms with E-state index in [1.807, 2.05) is 0 Å². The fourth-order valence-electron chi connectivity index (χ4n) is 8.72. The number of nitrogens with one attached hydrogen (secondary N) is 3. The zero-order chi connectivity index (χ0) is 35.4. The molecular formula is C35H49FN6O7S. The van der Waals surface area contributed by atoms with Crippen molar-refractivity contribution in [2.75, 3.05) is 31.6 Å². The van der Waals surface area contributed by atoms with Crippen LogP contribution in [0.15, 0.2) is 24.3 Å². The number of alkyl halides is 1. The van der Waals surface area contributed by atoms with Crippen LogP contribution < -0.4 is 15.8 Å². The number of rotatable bonds is 10. The number of aromatic nitrogens is 1. The molecule has 2 saturated carbocycles. The third-order valence-electron chi connectivity index (χ3n) is 11.3. The number of primary amides is 1. The molecule has 6 rings (SSSR count). The predicted octanol–water partition coefficient (Wildman–Crippen LogP) is 4.60. The largest absolute Gasteiger partial charge is 0.443 e. The number of anilines is 1. The summed E-state index contributed by atoms with van der Waals surface area (Å²) in [6, 6.07) is 6.09. The van der Waals surface area contributed by atoms with E-state index in [9.17, 15) is 32.0 Å². The first-order valence-electron chi connectivity index (χ1n) is 18.1. The highest BCUT2D eigenvalue weighted by Crippen LogP contribution is 2.41. The van der Waals surface area contributed by atoms with Crippen molar-refractivity contribution in [3.05, 3.63) is 30.0 Å². The number of H-pyrrole nitrogens is 1. The van der Waals surface area contributed by atoms with Crippen molar-refractivity contribution in [2.45, 2.75) is 95.6 Å². The molecule has 4 aliphatic rings. The zero-order valence-electron chi connectivity index (χ0n) is 28.4. The Hall–Kier alpha value is -3.72. The van der Waals surface area contributed by atoms with Gasteiger partial charge in [0.15, 0.2) is 0 Å². The van der Waals surface area contributed by atoms with Crippen LogP contribution in [-0.2, 0) is 24.5 Å². The molecule has 2 aliphatic carbocycles. The smallest absolute Gasteiger partial charge is 0.404 e. The Balaban J connectivity index is 1.15. The van der Waals surface area contributed by atoms with Gasteiger partial charge < -0.3 is 25.7 Å². The lowest BCUT2D eigenvalue weighted by Crippen LogP contribution is -2.50. The second-order valence-corrected chi connectivity index (χ2v) is 16.1. The molecule has 4 fully saturated rings. The first-order valence-corrected chi connectivity index (χ1v) is 19.6. The Morgan fingerprint density at radius 1 is 0.920 bits per heavy atom. The number of ether oxygens (including phenoxy) is 1. The van der Waals surface area contributed by atoms with Gasteiger partial charge in [0.1, 0.15) is 24.5 Å². The summed E-state index contributed by atoms with van der Waals surface area (Å²) in [5, 5.41) is 3.67. The number of halogens is 1. The Morgan fingerprint density at radius 2 is 1.62 bits per heavy atom. The number of nitrogens with two attached hydrogens (primary N) is 1. The quantitative estimate of drug-likeness (QED) is 0.277. The molecule has 2 aliphatic heterocycles. The first kappa shape index (κ1) is 36.1. The van der Waals surface area contributed by atoms with Gasteiger partial charge in [-0.15, -0.1) is 0 Å². The molecule has 5 N–H and O–H groups in total. The maximum atomic E-state index is 14.2. The molecule has 2 saturated heterocycles. The van der Waals surface area contributed by atoms with Crippen molar-refractivity contribution >= 4 is 50.6 Å². The van der Waals surface area contributed by atoms with Gasteiger partial charge in [-0.2, -0.15) is 12.7 Å². The van der Waals surface area contributed by atoms with E-state index in [4.69, 9.17) is 10.5 Å². The van der Waals surface area contributed by atoms with Gasteiger partial charge in [-0.3, -0.25) is 14.4 Å². The summed E-state index contributed by atoms with van der Waals surface area (Å²) in [7, 11) is -3.96. The van der Waals surface area contributed by atoms with E-state index in [1.165, 1.54) is 10.7 Å². The lowest BCUT2D eigenvalue weighted by Gasteiger charge is -2.37. The van der Waals surface area contributed by atoms with Gasteiger partial charge in [0.05, 0.1) is 0 Å². The maximum absolute atomic E-state index is 14.2. The summed E-state index contributed by atoms with van der Waals surface area (Å²) in [6.07, 6.45) is 8.80. The van der Waals surface area contributed by atoms with Crippen LogP contribution in [0.4, 0.5) is 14.9 Å². The number of aromatic amines is 1. The van der Waals surface area contributed by atoms with Crippen LogP contribution in [0.1, 0.15) is 94.0 Å². The number of likely N-dealkylation sites (tertiary alicyclic amines) is 1. The summed E-state index contributed by atoms with van der Waals surface area (Å²) in [5.41, 5.74) is 6.32. The number of hydrogen-bond acceptors (Lipinski definition) is 7. The molecule has 274 valence electrons. The molecule has 0 unspecified atom stereocenters. The van der Waals surface area contributed by atoms with Gasteiger partial charge in [-0.1, -0.05) is 38.5 Å². The number of nitrogens with zero attached hydrogens (tertiary/aromatic N) is 2. The Bertz CT molecular complexity index is 1660. The van der Waals surface area contributed by atoms with Gasteiger partial charge in [0.25, 0.3) is 5.91 Å². The number of amides is 4. The minimum absolute atomic E-state index is 0.0311. The molecule has 4 amide bonds. The molecule has 15 heteroatoms. The molecule has 0 radical (unpaired) electrons. The normalized spacial score (nSPS) is 26.0. The number of carbonyl (C=O) groups excluding carboxylic acids is 4. The van der Waals surface area contributed by atoms with Gasteiger partial charge in [0.2, 0.25) is 11.8 Å². The van der Waals surface area contributed by atoms with Crippen molar-refractivity contribution in [3.63, 3.8) is 0 Å². The monoisotopic (exact) mass is 716 g/mol. The molecule has 2 aromatic rings. The summed E-state index contributed by atoms with van der Waals surface area (Å²) < 4.78 is 47.5. The van der Waals surface area contributed by atoms with Crippen molar-refractivity contribution in [2.24, 2.45) is 29.4 Å². The summed E-state index contributed by atoms with van der Waals surface area (Å²) in [4.78, 5) is 57.1. The van der Waals surface area contributed by atoms with Crippen LogP contribution in [-0.4, -0.2) is 84.9 Å². The van der Waals surface area contributed by atoms with Crippen LogP contribution in [0.5, 0.6) is 0 Å².